The van der Waals surface area contributed by atoms with E-state index in [-0.39, 0.29) is 6.54 Å². The lowest BCUT2D eigenvalue weighted by Gasteiger charge is -2.10. The van der Waals surface area contributed by atoms with Gasteiger partial charge in [0.05, 0.1) is 0 Å². The topological polar surface area (TPSA) is 93.3 Å². The number of carbonyl (C=O) groups excluding carboxylic acids is 1. The Morgan fingerprint density at radius 1 is 1.03 bits per heavy atom. The molecule has 2 aromatic heterocycles. The largest absolute Gasteiger partial charge is 0.353 e. The van der Waals surface area contributed by atoms with Crippen molar-refractivity contribution in [3.8, 4) is 0 Å². The molecule has 0 fully saturated rings. The number of rotatable bonds is 5. The van der Waals surface area contributed by atoms with Gasteiger partial charge in [0.25, 0.3) is 0 Å². The van der Waals surface area contributed by atoms with Crippen LogP contribution in [-0.2, 0) is 11.3 Å². The molecule has 2 heterocycles. The molecule has 9 heteroatoms. The molecule has 0 aliphatic heterocycles. The number of aryl methyl sites for hydroxylation is 3. The van der Waals surface area contributed by atoms with E-state index in [1.165, 1.54) is 16.5 Å². The summed E-state index contributed by atoms with van der Waals surface area (Å²) in [7, 11) is 0. The van der Waals surface area contributed by atoms with E-state index < -0.39 is 17.4 Å². The summed E-state index contributed by atoms with van der Waals surface area (Å²) in [6, 6.07) is 13.4. The second-order valence-corrected chi connectivity index (χ2v) is 7.30. The number of nitrogens with one attached hydrogen (secondary N) is 2. The highest BCUT2D eigenvalue weighted by atomic mass is 19.1. The third-order valence-electron chi connectivity index (χ3n) is 4.86. The molecule has 8 nitrogen and oxygen atoms in total. The van der Waals surface area contributed by atoms with Gasteiger partial charge in [-0.25, -0.2) is 23.3 Å². The minimum absolute atomic E-state index is 0.307. The number of halogens is 1. The highest BCUT2D eigenvalue weighted by Crippen LogP contribution is 2.19. The van der Waals surface area contributed by atoms with Crippen LogP contribution in [0, 0.1) is 26.6 Å². The third kappa shape index (κ3) is 4.16. The van der Waals surface area contributed by atoms with E-state index >= 15 is 0 Å². The lowest BCUT2D eigenvalue weighted by Crippen LogP contribution is -2.29. The number of carbonyl (C=O) groups is 1. The van der Waals surface area contributed by atoms with Crippen molar-refractivity contribution >= 4 is 28.9 Å². The summed E-state index contributed by atoms with van der Waals surface area (Å²) in [6.07, 6.45) is 0. The monoisotopic (exact) mass is 420 g/mol. The summed E-state index contributed by atoms with van der Waals surface area (Å²) in [6.45, 7) is 5.18. The van der Waals surface area contributed by atoms with E-state index in [0.717, 1.165) is 15.9 Å². The molecule has 0 unspecified atom stereocenters. The molecule has 4 rings (SSSR count). The number of nitrogens with zero attached hydrogens (tertiary/aromatic N) is 4. The van der Waals surface area contributed by atoms with Crippen LogP contribution in [0.25, 0.3) is 5.65 Å². The minimum atomic E-state index is -0.510. The fourth-order valence-electron chi connectivity index (χ4n) is 3.23. The van der Waals surface area contributed by atoms with Gasteiger partial charge in [-0.3, -0.25) is 4.79 Å². The number of hydrogen-bond donors (Lipinski definition) is 2. The predicted octanol–water partition coefficient (Wildman–Crippen LogP) is 3.34. The summed E-state index contributed by atoms with van der Waals surface area (Å²) >= 11 is 0. The van der Waals surface area contributed by atoms with E-state index in [1.807, 2.05) is 31.2 Å². The van der Waals surface area contributed by atoms with E-state index in [0.29, 0.717) is 28.5 Å². The first-order chi connectivity index (χ1) is 14.8. The maximum absolute atomic E-state index is 13.5. The van der Waals surface area contributed by atoms with Crippen molar-refractivity contribution in [2.45, 2.75) is 27.3 Å². The van der Waals surface area contributed by atoms with E-state index in [9.17, 15) is 14.0 Å². The van der Waals surface area contributed by atoms with E-state index in [2.05, 4.69) is 20.7 Å². The highest BCUT2D eigenvalue weighted by Gasteiger charge is 2.16. The van der Waals surface area contributed by atoms with Gasteiger partial charge in [0.2, 0.25) is 11.9 Å². The fourth-order valence-corrected chi connectivity index (χ4v) is 3.23. The summed E-state index contributed by atoms with van der Waals surface area (Å²) < 4.78 is 15.9. The first kappa shape index (κ1) is 20.3. The minimum Gasteiger partial charge on any atom is -0.325 e. The van der Waals surface area contributed by atoms with Crippen molar-refractivity contribution in [2.75, 3.05) is 10.6 Å². The van der Waals surface area contributed by atoms with Crippen LogP contribution in [0.2, 0.25) is 0 Å². The Bertz CT molecular complexity index is 1360. The first-order valence-electron chi connectivity index (χ1n) is 9.67. The van der Waals surface area contributed by atoms with Crippen LogP contribution in [0.4, 0.5) is 21.7 Å². The van der Waals surface area contributed by atoms with Crippen LogP contribution >= 0.6 is 0 Å². The smallest absolute Gasteiger partial charge is 0.325 e. The van der Waals surface area contributed by atoms with Crippen molar-refractivity contribution in [1.29, 1.82) is 0 Å². The zero-order valence-electron chi connectivity index (χ0n) is 17.3. The van der Waals surface area contributed by atoms with Crippen LogP contribution < -0.4 is 16.3 Å². The summed E-state index contributed by atoms with van der Waals surface area (Å²) in [5.41, 5.74) is 3.38. The maximum Gasteiger partial charge on any atom is 0.353 e. The quantitative estimate of drug-likeness (QED) is 0.517. The molecular formula is C22H21FN6O2. The van der Waals surface area contributed by atoms with Gasteiger partial charge in [-0.2, -0.15) is 0 Å². The maximum atomic E-state index is 13.5. The number of anilines is 3. The molecule has 2 aromatic carbocycles. The van der Waals surface area contributed by atoms with Gasteiger partial charge in [0, 0.05) is 23.1 Å². The van der Waals surface area contributed by atoms with Crippen LogP contribution in [0.5, 0.6) is 0 Å². The van der Waals surface area contributed by atoms with Gasteiger partial charge in [0.15, 0.2) is 5.65 Å². The first-order valence-corrected chi connectivity index (χ1v) is 9.67. The zero-order valence-corrected chi connectivity index (χ0v) is 17.3. The lowest BCUT2D eigenvalue weighted by atomic mass is 10.2. The normalized spacial score (nSPS) is 11.0. The van der Waals surface area contributed by atoms with Crippen LogP contribution in [0.1, 0.15) is 16.8 Å². The Kier molecular flexibility index (Phi) is 5.24. The van der Waals surface area contributed by atoms with Crippen molar-refractivity contribution in [1.82, 2.24) is 19.2 Å². The molecule has 4 aromatic rings. The Labute approximate surface area is 177 Å². The molecule has 0 saturated heterocycles. The Morgan fingerprint density at radius 2 is 1.77 bits per heavy atom. The molecule has 158 valence electrons. The Hall–Kier alpha value is -4.01. The molecule has 0 atom stereocenters. The fraction of sp³-hybridized carbons (Fsp3) is 0.182. The lowest BCUT2D eigenvalue weighted by molar-refractivity contribution is -0.117. The highest BCUT2D eigenvalue weighted by molar-refractivity contribution is 5.91. The number of fused-ring (bicyclic) bond motifs is 1. The Morgan fingerprint density at radius 3 is 2.55 bits per heavy atom. The summed E-state index contributed by atoms with van der Waals surface area (Å²) in [5.74, 6) is -0.640. The molecule has 1 amide bonds. The van der Waals surface area contributed by atoms with Crippen molar-refractivity contribution < 1.29 is 9.18 Å². The number of hydrogen-bond acceptors (Lipinski definition) is 5. The average molecular weight is 420 g/mol. The van der Waals surface area contributed by atoms with Gasteiger partial charge >= 0.3 is 5.69 Å². The molecule has 0 bridgehead atoms. The third-order valence-corrected chi connectivity index (χ3v) is 4.86. The van der Waals surface area contributed by atoms with E-state index in [4.69, 9.17) is 0 Å². The molecule has 0 saturated carbocycles. The standard InChI is InChI=1S/C22H21FN6O2/c1-13-6-4-5-7-17(13)26-21-24-15(3)10-19-27-28(22(31)29(19)21)12-20(30)25-18-11-16(23)9-8-14(18)2/h4-11H,12H2,1-3H3,(H,24,26)(H,25,30). The van der Waals surface area contributed by atoms with Gasteiger partial charge in [-0.15, -0.1) is 5.10 Å². The second-order valence-electron chi connectivity index (χ2n) is 7.30. The van der Waals surface area contributed by atoms with Gasteiger partial charge in [-0.1, -0.05) is 24.3 Å². The van der Waals surface area contributed by atoms with Crippen molar-refractivity contribution in [3.63, 3.8) is 0 Å². The summed E-state index contributed by atoms with van der Waals surface area (Å²) in [4.78, 5) is 29.9. The molecular weight excluding hydrogens is 399 g/mol. The SMILES string of the molecule is Cc1cc2nn(CC(=O)Nc3cc(F)ccc3C)c(=O)n2c(Nc2ccccc2C)n1. The molecule has 2 N–H and O–H groups in total. The van der Waals surface area contributed by atoms with Crippen LogP contribution in [0.3, 0.4) is 0 Å². The Balaban J connectivity index is 1.66. The second kappa shape index (κ2) is 8.02. The van der Waals surface area contributed by atoms with Gasteiger partial charge in [0.1, 0.15) is 12.4 Å². The van der Waals surface area contributed by atoms with Crippen molar-refractivity contribution in [3.05, 3.63) is 81.7 Å². The summed E-state index contributed by atoms with van der Waals surface area (Å²) in [5, 5.41) is 10.1. The number of para-hydroxylation sites is 1. The number of benzene rings is 2. The van der Waals surface area contributed by atoms with Crippen LogP contribution in [0.15, 0.2) is 53.3 Å². The predicted molar refractivity (Wildman–Crippen MR) is 116 cm³/mol. The molecule has 0 spiro atoms. The van der Waals surface area contributed by atoms with Crippen molar-refractivity contribution in [2.24, 2.45) is 0 Å². The average Bonchev–Trinajstić information content (AvgIpc) is 3.01. The zero-order chi connectivity index (χ0) is 22.1. The van der Waals surface area contributed by atoms with Gasteiger partial charge < -0.3 is 10.6 Å². The molecule has 31 heavy (non-hydrogen) atoms. The number of aromatic nitrogens is 4. The van der Waals surface area contributed by atoms with E-state index in [1.54, 1.807) is 26.0 Å². The molecule has 0 aliphatic carbocycles. The molecule has 0 aliphatic rings. The van der Waals surface area contributed by atoms with Crippen LogP contribution in [-0.4, -0.2) is 25.1 Å². The molecule has 0 radical (unpaired) electrons. The number of amides is 1. The van der Waals surface area contributed by atoms with Gasteiger partial charge in [-0.05, 0) is 50.1 Å².